The van der Waals surface area contributed by atoms with Crippen molar-refractivity contribution in [1.82, 2.24) is 15.5 Å². The first-order valence-corrected chi connectivity index (χ1v) is 5.62. The van der Waals surface area contributed by atoms with Crippen molar-refractivity contribution >= 4 is 5.82 Å². The third-order valence-electron chi connectivity index (χ3n) is 3.02. The van der Waals surface area contributed by atoms with E-state index in [1.54, 1.807) is 7.11 Å². The Morgan fingerprint density at radius 2 is 2.31 bits per heavy atom. The number of nitrogens with one attached hydrogen (secondary N) is 1. The van der Waals surface area contributed by atoms with Crippen molar-refractivity contribution in [1.29, 1.82) is 0 Å². The molecule has 2 rings (SSSR count). The Kier molecular flexibility index (Phi) is 3.56. The topological polar surface area (TPSA) is 50.3 Å². The molecular formula is C11H18N4O. The molecule has 1 aliphatic heterocycles. The lowest BCUT2D eigenvalue weighted by molar-refractivity contribution is 0.391. The average molecular weight is 222 g/mol. The van der Waals surface area contributed by atoms with E-state index < -0.39 is 0 Å². The molecule has 0 aromatic carbocycles. The number of nitrogens with zero attached hydrogens (tertiary/aromatic N) is 3. The Balaban J connectivity index is 2.04. The first kappa shape index (κ1) is 11.1. The minimum Gasteiger partial charge on any atom is -0.480 e. The molecule has 1 saturated heterocycles. The van der Waals surface area contributed by atoms with E-state index in [-0.39, 0.29) is 0 Å². The fourth-order valence-corrected chi connectivity index (χ4v) is 1.96. The zero-order valence-corrected chi connectivity index (χ0v) is 9.81. The normalized spacial score (nSPS) is 20.5. The second-order valence-corrected chi connectivity index (χ2v) is 4.04. The van der Waals surface area contributed by atoms with Gasteiger partial charge in [-0.1, -0.05) is 0 Å². The summed E-state index contributed by atoms with van der Waals surface area (Å²) in [5.41, 5.74) is 0. The quantitative estimate of drug-likeness (QED) is 0.814. The van der Waals surface area contributed by atoms with Crippen LogP contribution in [0.2, 0.25) is 0 Å². The Morgan fingerprint density at radius 3 is 2.88 bits per heavy atom. The second kappa shape index (κ2) is 5.12. The number of likely N-dealkylation sites (N-methyl/N-ethyl adjacent to an activating group) is 1. The van der Waals surface area contributed by atoms with E-state index in [0.29, 0.717) is 11.9 Å². The van der Waals surface area contributed by atoms with Gasteiger partial charge in [0.25, 0.3) is 0 Å². The van der Waals surface area contributed by atoms with Crippen LogP contribution in [-0.2, 0) is 0 Å². The fourth-order valence-electron chi connectivity index (χ4n) is 1.96. The number of hydrogen-bond donors (Lipinski definition) is 1. The second-order valence-electron chi connectivity index (χ2n) is 4.04. The molecule has 5 nitrogen and oxygen atoms in total. The Bertz CT molecular complexity index is 321. The lowest BCUT2D eigenvalue weighted by atomic mass is 10.1. The molecule has 1 unspecified atom stereocenters. The predicted octanol–water partition coefficient (Wildman–Crippen LogP) is 0.673. The number of piperidine rings is 1. The van der Waals surface area contributed by atoms with E-state index in [2.05, 4.69) is 27.5 Å². The SMILES string of the molecule is COc1ccc(N(C)C2CCCNC2)nn1. The lowest BCUT2D eigenvalue weighted by Gasteiger charge is -2.32. The highest BCUT2D eigenvalue weighted by Crippen LogP contribution is 2.17. The Labute approximate surface area is 95.8 Å². The molecule has 1 atom stereocenters. The molecule has 0 saturated carbocycles. The first-order chi connectivity index (χ1) is 7.81. The van der Waals surface area contributed by atoms with E-state index in [9.17, 15) is 0 Å². The van der Waals surface area contributed by atoms with Crippen LogP contribution in [0.1, 0.15) is 12.8 Å². The summed E-state index contributed by atoms with van der Waals surface area (Å²) in [6.07, 6.45) is 2.43. The van der Waals surface area contributed by atoms with E-state index in [4.69, 9.17) is 4.74 Å². The fraction of sp³-hybridized carbons (Fsp3) is 0.636. The van der Waals surface area contributed by atoms with Crippen molar-refractivity contribution in [3.8, 4) is 5.88 Å². The zero-order chi connectivity index (χ0) is 11.4. The third kappa shape index (κ3) is 2.41. The summed E-state index contributed by atoms with van der Waals surface area (Å²) in [5, 5.41) is 11.5. The monoisotopic (exact) mass is 222 g/mol. The maximum atomic E-state index is 4.99. The van der Waals surface area contributed by atoms with Gasteiger partial charge in [-0.25, -0.2) is 0 Å². The predicted molar refractivity (Wildman–Crippen MR) is 62.9 cm³/mol. The zero-order valence-electron chi connectivity index (χ0n) is 9.81. The summed E-state index contributed by atoms with van der Waals surface area (Å²) in [5.74, 6) is 1.45. The van der Waals surface area contributed by atoms with Gasteiger partial charge in [-0.2, -0.15) is 0 Å². The van der Waals surface area contributed by atoms with Gasteiger partial charge >= 0.3 is 0 Å². The molecular weight excluding hydrogens is 204 g/mol. The van der Waals surface area contributed by atoms with Gasteiger partial charge in [0, 0.05) is 25.7 Å². The number of ether oxygens (including phenoxy) is 1. The standard InChI is InChI=1S/C11H18N4O/c1-15(9-4-3-7-12-8-9)10-5-6-11(16-2)14-13-10/h5-6,9,12H,3-4,7-8H2,1-2H3. The lowest BCUT2D eigenvalue weighted by Crippen LogP contribution is -2.44. The highest BCUT2D eigenvalue weighted by atomic mass is 16.5. The van der Waals surface area contributed by atoms with Crippen LogP contribution in [0.3, 0.4) is 0 Å². The molecule has 1 aliphatic rings. The van der Waals surface area contributed by atoms with Crippen LogP contribution in [-0.4, -0.2) is 43.5 Å². The largest absolute Gasteiger partial charge is 0.480 e. The number of aromatic nitrogens is 2. The van der Waals surface area contributed by atoms with E-state index in [1.165, 1.54) is 12.8 Å². The molecule has 0 amide bonds. The summed E-state index contributed by atoms with van der Waals surface area (Å²) in [7, 11) is 3.66. The smallest absolute Gasteiger partial charge is 0.233 e. The van der Waals surface area contributed by atoms with Gasteiger partial charge in [-0.15, -0.1) is 10.2 Å². The van der Waals surface area contributed by atoms with Gasteiger partial charge < -0.3 is 15.0 Å². The van der Waals surface area contributed by atoms with Crippen LogP contribution in [0.25, 0.3) is 0 Å². The highest BCUT2D eigenvalue weighted by Gasteiger charge is 2.18. The van der Waals surface area contributed by atoms with Crippen molar-refractivity contribution < 1.29 is 4.74 Å². The molecule has 1 aromatic heterocycles. The summed E-state index contributed by atoms with van der Waals surface area (Å²) < 4.78 is 4.99. The van der Waals surface area contributed by atoms with Crippen molar-refractivity contribution in [2.75, 3.05) is 32.1 Å². The molecule has 1 fully saturated rings. The van der Waals surface area contributed by atoms with Crippen molar-refractivity contribution in [3.63, 3.8) is 0 Å². The molecule has 16 heavy (non-hydrogen) atoms. The molecule has 0 spiro atoms. The maximum Gasteiger partial charge on any atom is 0.233 e. The van der Waals surface area contributed by atoms with Gasteiger partial charge in [-0.3, -0.25) is 0 Å². The van der Waals surface area contributed by atoms with Gasteiger partial charge in [-0.05, 0) is 25.5 Å². The number of rotatable bonds is 3. The van der Waals surface area contributed by atoms with Gasteiger partial charge in [0.1, 0.15) is 0 Å². The van der Waals surface area contributed by atoms with E-state index in [0.717, 1.165) is 18.9 Å². The third-order valence-corrected chi connectivity index (χ3v) is 3.02. The van der Waals surface area contributed by atoms with Crippen molar-refractivity contribution in [2.45, 2.75) is 18.9 Å². The van der Waals surface area contributed by atoms with Crippen molar-refractivity contribution in [2.24, 2.45) is 0 Å². The molecule has 5 heteroatoms. The first-order valence-electron chi connectivity index (χ1n) is 5.62. The summed E-state index contributed by atoms with van der Waals surface area (Å²) >= 11 is 0. The Hall–Kier alpha value is -1.36. The molecule has 1 aromatic rings. The molecule has 88 valence electrons. The van der Waals surface area contributed by atoms with E-state index in [1.807, 2.05) is 12.1 Å². The Morgan fingerprint density at radius 1 is 1.44 bits per heavy atom. The van der Waals surface area contributed by atoms with E-state index >= 15 is 0 Å². The van der Waals surface area contributed by atoms with Crippen LogP contribution in [0, 0.1) is 0 Å². The molecule has 0 bridgehead atoms. The molecule has 1 N–H and O–H groups in total. The average Bonchev–Trinajstić information content (AvgIpc) is 2.39. The van der Waals surface area contributed by atoms with Gasteiger partial charge in [0.05, 0.1) is 7.11 Å². The van der Waals surface area contributed by atoms with Gasteiger partial charge in [0.15, 0.2) is 5.82 Å². The summed E-state index contributed by atoms with van der Waals surface area (Å²) in [4.78, 5) is 2.18. The van der Waals surface area contributed by atoms with Crippen LogP contribution in [0.15, 0.2) is 12.1 Å². The summed E-state index contributed by atoms with van der Waals surface area (Å²) in [6.45, 7) is 2.14. The highest BCUT2D eigenvalue weighted by molar-refractivity contribution is 5.38. The van der Waals surface area contributed by atoms with Crippen LogP contribution < -0.4 is 15.0 Å². The number of methoxy groups -OCH3 is 1. The van der Waals surface area contributed by atoms with Gasteiger partial charge in [0.2, 0.25) is 5.88 Å². The maximum absolute atomic E-state index is 4.99. The van der Waals surface area contributed by atoms with Crippen LogP contribution in [0.4, 0.5) is 5.82 Å². The molecule has 0 aliphatic carbocycles. The number of anilines is 1. The molecule has 0 radical (unpaired) electrons. The minimum absolute atomic E-state index is 0.511. The number of hydrogen-bond acceptors (Lipinski definition) is 5. The van der Waals surface area contributed by atoms with Crippen LogP contribution in [0.5, 0.6) is 5.88 Å². The minimum atomic E-state index is 0.511. The van der Waals surface area contributed by atoms with Crippen LogP contribution >= 0.6 is 0 Å². The summed E-state index contributed by atoms with van der Waals surface area (Å²) in [6, 6.07) is 4.30. The molecule has 2 heterocycles. The van der Waals surface area contributed by atoms with Crippen molar-refractivity contribution in [3.05, 3.63) is 12.1 Å².